The molecule has 0 spiro atoms. The van der Waals surface area contributed by atoms with Crippen LogP contribution in [0.4, 0.5) is 0 Å². The highest BCUT2D eigenvalue weighted by Gasteiger charge is 2.20. The average Bonchev–Trinajstić information content (AvgIpc) is 2.91. The van der Waals surface area contributed by atoms with Gasteiger partial charge in [0.05, 0.1) is 17.0 Å². The van der Waals surface area contributed by atoms with Gasteiger partial charge in [-0.1, -0.05) is 12.1 Å². The van der Waals surface area contributed by atoms with Crippen molar-refractivity contribution in [3.63, 3.8) is 0 Å². The van der Waals surface area contributed by atoms with Crippen LogP contribution in [0.5, 0.6) is 5.75 Å². The summed E-state index contributed by atoms with van der Waals surface area (Å²) in [4.78, 5) is 14.9. The number of para-hydroxylation sites is 1. The zero-order valence-electron chi connectivity index (χ0n) is 11.6. The van der Waals surface area contributed by atoms with E-state index in [1.54, 1.807) is 11.3 Å². The number of thiophene rings is 1. The average molecular weight is 286 g/mol. The van der Waals surface area contributed by atoms with Gasteiger partial charge in [-0.15, -0.1) is 11.3 Å². The van der Waals surface area contributed by atoms with E-state index in [1.807, 2.05) is 31.2 Å². The zero-order chi connectivity index (χ0) is 13.9. The molecule has 2 aromatic rings. The lowest BCUT2D eigenvalue weighted by molar-refractivity contribution is 0.103. The number of carbonyl (C=O) groups excluding carboxylic acids is 1. The number of rotatable bonds is 4. The number of ether oxygens (including phenoxy) is 1. The zero-order valence-corrected chi connectivity index (χ0v) is 12.5. The first-order valence-corrected chi connectivity index (χ1v) is 7.99. The van der Waals surface area contributed by atoms with E-state index < -0.39 is 0 Å². The quantitative estimate of drug-likeness (QED) is 0.785. The topological polar surface area (TPSA) is 26.3 Å². The molecule has 0 atom stereocenters. The molecule has 3 rings (SSSR count). The maximum Gasteiger partial charge on any atom is 0.206 e. The summed E-state index contributed by atoms with van der Waals surface area (Å²) in [6.07, 6.45) is 4.73. The molecule has 0 aliphatic heterocycles. The molecule has 0 radical (unpaired) electrons. The molecule has 0 N–H and O–H groups in total. The SMILES string of the molecule is CCOc1ccccc1C(=O)c1cc2c(s1)CCCC2. The third-order valence-electron chi connectivity index (χ3n) is 3.65. The molecule has 2 nitrogen and oxygen atoms in total. The van der Waals surface area contributed by atoms with E-state index in [9.17, 15) is 4.79 Å². The molecule has 1 aromatic heterocycles. The van der Waals surface area contributed by atoms with E-state index in [1.165, 1.54) is 23.3 Å². The fraction of sp³-hybridized carbons (Fsp3) is 0.353. The minimum atomic E-state index is 0.0912. The molecule has 1 aliphatic rings. The number of benzene rings is 1. The third-order valence-corrected chi connectivity index (χ3v) is 4.89. The Hall–Kier alpha value is -1.61. The van der Waals surface area contributed by atoms with Gasteiger partial charge in [0, 0.05) is 4.88 Å². The van der Waals surface area contributed by atoms with E-state index in [0.29, 0.717) is 17.9 Å². The predicted octanol–water partition coefficient (Wildman–Crippen LogP) is 4.26. The first-order chi connectivity index (χ1) is 9.79. The third kappa shape index (κ3) is 2.50. The Balaban J connectivity index is 1.94. The summed E-state index contributed by atoms with van der Waals surface area (Å²) in [6.45, 7) is 2.51. The van der Waals surface area contributed by atoms with Crippen LogP contribution in [0.3, 0.4) is 0 Å². The normalized spacial score (nSPS) is 13.8. The summed E-state index contributed by atoms with van der Waals surface area (Å²) in [5, 5.41) is 0. The standard InChI is InChI=1S/C17H18O2S/c1-2-19-14-9-5-4-8-13(14)17(18)16-11-12-7-3-6-10-15(12)20-16/h4-5,8-9,11H,2-3,6-7,10H2,1H3. The van der Waals surface area contributed by atoms with Crippen molar-refractivity contribution >= 4 is 17.1 Å². The van der Waals surface area contributed by atoms with E-state index in [-0.39, 0.29) is 5.78 Å². The summed E-state index contributed by atoms with van der Waals surface area (Å²) in [7, 11) is 0. The van der Waals surface area contributed by atoms with Crippen molar-refractivity contribution in [2.45, 2.75) is 32.6 Å². The Morgan fingerprint density at radius 2 is 2.05 bits per heavy atom. The number of carbonyl (C=O) groups is 1. The molecule has 0 saturated carbocycles. The van der Waals surface area contributed by atoms with Crippen LogP contribution in [0.2, 0.25) is 0 Å². The Kier molecular flexibility index (Phi) is 3.88. The predicted molar refractivity (Wildman–Crippen MR) is 82.0 cm³/mol. The summed E-state index contributed by atoms with van der Waals surface area (Å²) in [5.74, 6) is 0.778. The molecule has 20 heavy (non-hydrogen) atoms. The van der Waals surface area contributed by atoms with Crippen molar-refractivity contribution in [2.24, 2.45) is 0 Å². The van der Waals surface area contributed by atoms with Crippen molar-refractivity contribution in [3.05, 3.63) is 51.2 Å². The van der Waals surface area contributed by atoms with Crippen molar-refractivity contribution in [2.75, 3.05) is 6.61 Å². The van der Waals surface area contributed by atoms with Gasteiger partial charge in [0.1, 0.15) is 5.75 Å². The van der Waals surface area contributed by atoms with Crippen LogP contribution < -0.4 is 4.74 Å². The van der Waals surface area contributed by atoms with Gasteiger partial charge >= 0.3 is 0 Å². The minimum Gasteiger partial charge on any atom is -0.493 e. The molecule has 1 aromatic carbocycles. The Morgan fingerprint density at radius 1 is 1.25 bits per heavy atom. The van der Waals surface area contributed by atoms with Crippen molar-refractivity contribution in [3.8, 4) is 5.75 Å². The molecule has 0 unspecified atom stereocenters. The Morgan fingerprint density at radius 3 is 2.85 bits per heavy atom. The summed E-state index contributed by atoms with van der Waals surface area (Å²) in [6, 6.07) is 9.60. The largest absolute Gasteiger partial charge is 0.493 e. The van der Waals surface area contributed by atoms with E-state index >= 15 is 0 Å². The molecule has 0 fully saturated rings. The van der Waals surface area contributed by atoms with Gasteiger partial charge in [-0.25, -0.2) is 0 Å². The molecule has 104 valence electrons. The highest BCUT2D eigenvalue weighted by atomic mass is 32.1. The van der Waals surface area contributed by atoms with Gasteiger partial charge in [-0.05, 0) is 56.4 Å². The van der Waals surface area contributed by atoms with Crippen molar-refractivity contribution in [1.29, 1.82) is 0 Å². The van der Waals surface area contributed by atoms with Crippen LogP contribution in [0.25, 0.3) is 0 Å². The fourth-order valence-corrected chi connectivity index (χ4v) is 3.88. The van der Waals surface area contributed by atoms with Gasteiger partial charge in [0.2, 0.25) is 5.78 Å². The highest BCUT2D eigenvalue weighted by Crippen LogP contribution is 2.32. The second kappa shape index (κ2) is 5.80. The minimum absolute atomic E-state index is 0.0912. The lowest BCUT2D eigenvalue weighted by Crippen LogP contribution is -2.03. The van der Waals surface area contributed by atoms with Crippen LogP contribution in [0.1, 0.15) is 45.4 Å². The highest BCUT2D eigenvalue weighted by molar-refractivity contribution is 7.14. The Labute approximate surface area is 123 Å². The van der Waals surface area contributed by atoms with Gasteiger partial charge in [-0.2, -0.15) is 0 Å². The number of fused-ring (bicyclic) bond motifs is 1. The van der Waals surface area contributed by atoms with Gasteiger partial charge < -0.3 is 4.74 Å². The number of aryl methyl sites for hydroxylation is 2. The first kappa shape index (κ1) is 13.4. The molecule has 0 amide bonds. The Bertz CT molecular complexity index is 604. The van der Waals surface area contributed by atoms with Crippen molar-refractivity contribution in [1.82, 2.24) is 0 Å². The summed E-state index contributed by atoms with van der Waals surface area (Å²) < 4.78 is 5.57. The van der Waals surface area contributed by atoms with Crippen LogP contribution >= 0.6 is 11.3 Å². The van der Waals surface area contributed by atoms with Crippen LogP contribution in [-0.2, 0) is 12.8 Å². The van der Waals surface area contributed by atoms with Crippen LogP contribution in [0.15, 0.2) is 30.3 Å². The van der Waals surface area contributed by atoms with Crippen LogP contribution in [-0.4, -0.2) is 12.4 Å². The van der Waals surface area contributed by atoms with Gasteiger partial charge in [-0.3, -0.25) is 4.79 Å². The van der Waals surface area contributed by atoms with E-state index in [2.05, 4.69) is 6.07 Å². The summed E-state index contributed by atoms with van der Waals surface area (Å²) in [5.41, 5.74) is 2.05. The van der Waals surface area contributed by atoms with Crippen molar-refractivity contribution < 1.29 is 9.53 Å². The lowest BCUT2D eigenvalue weighted by atomic mass is 9.98. The monoisotopic (exact) mass is 286 g/mol. The maximum absolute atomic E-state index is 12.7. The second-order valence-electron chi connectivity index (χ2n) is 5.02. The molecule has 1 aliphatic carbocycles. The number of hydrogen-bond acceptors (Lipinski definition) is 3. The van der Waals surface area contributed by atoms with Gasteiger partial charge in [0.25, 0.3) is 0 Å². The van der Waals surface area contributed by atoms with E-state index in [0.717, 1.165) is 17.7 Å². The van der Waals surface area contributed by atoms with Gasteiger partial charge in [0.15, 0.2) is 0 Å². The number of ketones is 1. The maximum atomic E-state index is 12.7. The lowest BCUT2D eigenvalue weighted by Gasteiger charge is -2.08. The molecule has 3 heteroatoms. The summed E-state index contributed by atoms with van der Waals surface area (Å²) >= 11 is 1.66. The number of hydrogen-bond donors (Lipinski definition) is 0. The molecule has 0 saturated heterocycles. The fourth-order valence-electron chi connectivity index (χ4n) is 2.67. The molecular weight excluding hydrogens is 268 g/mol. The van der Waals surface area contributed by atoms with E-state index in [4.69, 9.17) is 4.74 Å². The molecule has 0 bridgehead atoms. The first-order valence-electron chi connectivity index (χ1n) is 7.17. The molecular formula is C17H18O2S. The second-order valence-corrected chi connectivity index (χ2v) is 6.16. The smallest absolute Gasteiger partial charge is 0.206 e. The molecule has 1 heterocycles. The van der Waals surface area contributed by atoms with Crippen LogP contribution in [0, 0.1) is 0 Å².